The van der Waals surface area contributed by atoms with Crippen molar-refractivity contribution < 1.29 is 19.1 Å². The number of nitrogens with zero attached hydrogens (tertiary/aromatic N) is 1. The third-order valence-electron chi connectivity index (χ3n) is 3.24. The van der Waals surface area contributed by atoms with E-state index >= 15 is 0 Å². The van der Waals surface area contributed by atoms with Gasteiger partial charge in [0.25, 0.3) is 5.91 Å². The van der Waals surface area contributed by atoms with Gasteiger partial charge >= 0.3 is 6.09 Å². The minimum atomic E-state index is -0.687. The lowest BCUT2D eigenvalue weighted by Gasteiger charge is -2.22. The van der Waals surface area contributed by atoms with Crippen LogP contribution in [0.3, 0.4) is 0 Å². The number of benzene rings is 1. The molecule has 1 fully saturated rings. The number of halogens is 1. The Hall–Kier alpha value is -1.95. The van der Waals surface area contributed by atoms with E-state index in [0.29, 0.717) is 30.5 Å². The standard InChI is InChI=1S/C15H19ClN2O4/c1-10(9-18-7-8-21-15(18)20)17-14(19)11(2)22-13-6-4-3-5-12(13)16/h3-6,10-11H,7-9H2,1-2H3,(H,17,19)/t10-,11+/m1/s1. The first-order valence-corrected chi connectivity index (χ1v) is 7.48. The molecule has 0 radical (unpaired) electrons. The Balaban J connectivity index is 1.83. The van der Waals surface area contributed by atoms with E-state index in [9.17, 15) is 9.59 Å². The first-order valence-electron chi connectivity index (χ1n) is 7.10. The zero-order chi connectivity index (χ0) is 16.1. The van der Waals surface area contributed by atoms with E-state index in [1.807, 2.05) is 6.92 Å². The number of para-hydroxylation sites is 1. The van der Waals surface area contributed by atoms with Crippen LogP contribution in [-0.2, 0) is 9.53 Å². The lowest BCUT2D eigenvalue weighted by Crippen LogP contribution is -2.46. The molecule has 1 N–H and O–H groups in total. The van der Waals surface area contributed by atoms with E-state index < -0.39 is 6.10 Å². The van der Waals surface area contributed by atoms with Crippen molar-refractivity contribution in [2.75, 3.05) is 19.7 Å². The molecule has 0 unspecified atom stereocenters. The Kier molecular flexibility index (Phi) is 5.49. The lowest BCUT2D eigenvalue weighted by molar-refractivity contribution is -0.127. The summed E-state index contributed by atoms with van der Waals surface area (Å²) in [6, 6.07) is 6.78. The number of nitrogens with one attached hydrogen (secondary N) is 1. The number of hydrogen-bond acceptors (Lipinski definition) is 4. The quantitative estimate of drug-likeness (QED) is 0.869. The molecule has 1 heterocycles. The lowest BCUT2D eigenvalue weighted by atomic mass is 10.2. The van der Waals surface area contributed by atoms with Crippen LogP contribution in [0.15, 0.2) is 24.3 Å². The topological polar surface area (TPSA) is 67.9 Å². The van der Waals surface area contributed by atoms with Crippen LogP contribution >= 0.6 is 11.6 Å². The number of carbonyl (C=O) groups excluding carboxylic acids is 2. The number of amides is 2. The normalized spacial score (nSPS) is 16.9. The molecule has 6 nitrogen and oxygen atoms in total. The maximum atomic E-state index is 12.1. The van der Waals surface area contributed by atoms with Crippen LogP contribution in [0, 0.1) is 0 Å². The molecule has 1 aliphatic heterocycles. The summed E-state index contributed by atoms with van der Waals surface area (Å²) in [5.74, 6) is 0.197. The number of cyclic esters (lactones) is 1. The van der Waals surface area contributed by atoms with Crippen molar-refractivity contribution in [1.82, 2.24) is 10.2 Å². The summed E-state index contributed by atoms with van der Waals surface area (Å²) in [7, 11) is 0. The Morgan fingerprint density at radius 2 is 2.18 bits per heavy atom. The maximum absolute atomic E-state index is 12.1. The number of ether oxygens (including phenoxy) is 2. The minimum Gasteiger partial charge on any atom is -0.479 e. The summed E-state index contributed by atoms with van der Waals surface area (Å²) in [5, 5.41) is 3.26. The first kappa shape index (κ1) is 16.4. The fourth-order valence-corrected chi connectivity index (χ4v) is 2.29. The van der Waals surface area contributed by atoms with E-state index in [-0.39, 0.29) is 18.0 Å². The van der Waals surface area contributed by atoms with E-state index in [4.69, 9.17) is 21.1 Å². The highest BCUT2D eigenvalue weighted by Crippen LogP contribution is 2.24. The number of carbonyl (C=O) groups is 2. The van der Waals surface area contributed by atoms with Gasteiger partial charge < -0.3 is 19.7 Å². The van der Waals surface area contributed by atoms with Crippen molar-refractivity contribution in [2.45, 2.75) is 26.0 Å². The van der Waals surface area contributed by atoms with Gasteiger partial charge in [-0.05, 0) is 26.0 Å². The molecule has 1 aromatic carbocycles. The van der Waals surface area contributed by atoms with Crippen LogP contribution < -0.4 is 10.1 Å². The van der Waals surface area contributed by atoms with Gasteiger partial charge in [-0.3, -0.25) is 4.79 Å². The molecule has 2 amide bonds. The summed E-state index contributed by atoms with van der Waals surface area (Å²) in [5.41, 5.74) is 0. The van der Waals surface area contributed by atoms with Crippen LogP contribution in [0.2, 0.25) is 5.02 Å². The van der Waals surface area contributed by atoms with Crippen LogP contribution in [0.5, 0.6) is 5.75 Å². The van der Waals surface area contributed by atoms with Crippen molar-refractivity contribution in [2.24, 2.45) is 0 Å². The SMILES string of the molecule is C[C@H](CN1CCOC1=O)NC(=O)[C@H](C)Oc1ccccc1Cl. The summed E-state index contributed by atoms with van der Waals surface area (Å²) >= 11 is 5.99. The zero-order valence-electron chi connectivity index (χ0n) is 12.5. The molecule has 22 heavy (non-hydrogen) atoms. The predicted octanol–water partition coefficient (Wildman–Crippen LogP) is 2.06. The summed E-state index contributed by atoms with van der Waals surface area (Å²) < 4.78 is 10.4. The van der Waals surface area contributed by atoms with Gasteiger partial charge in [-0.25, -0.2) is 4.79 Å². The molecule has 0 aliphatic carbocycles. The van der Waals surface area contributed by atoms with Crippen LogP contribution in [0.1, 0.15) is 13.8 Å². The van der Waals surface area contributed by atoms with E-state index in [2.05, 4.69) is 5.32 Å². The van der Waals surface area contributed by atoms with Gasteiger partial charge in [-0.1, -0.05) is 23.7 Å². The average Bonchev–Trinajstić information content (AvgIpc) is 2.86. The highest BCUT2D eigenvalue weighted by Gasteiger charge is 2.25. The van der Waals surface area contributed by atoms with Crippen molar-refractivity contribution in [3.63, 3.8) is 0 Å². The maximum Gasteiger partial charge on any atom is 0.410 e. The van der Waals surface area contributed by atoms with Gasteiger partial charge in [0.15, 0.2) is 6.10 Å². The molecule has 7 heteroatoms. The van der Waals surface area contributed by atoms with Gasteiger partial charge in [0.1, 0.15) is 12.4 Å². The van der Waals surface area contributed by atoms with Gasteiger partial charge in [0, 0.05) is 12.6 Å². The van der Waals surface area contributed by atoms with Gasteiger partial charge in [-0.2, -0.15) is 0 Å². The van der Waals surface area contributed by atoms with Gasteiger partial charge in [-0.15, -0.1) is 0 Å². The Labute approximate surface area is 134 Å². The molecule has 1 saturated heterocycles. The number of hydrogen-bond donors (Lipinski definition) is 1. The van der Waals surface area contributed by atoms with Gasteiger partial charge in [0.05, 0.1) is 11.6 Å². The first-order chi connectivity index (χ1) is 10.5. The molecule has 0 saturated carbocycles. The molecular formula is C15H19ClN2O4. The highest BCUT2D eigenvalue weighted by molar-refractivity contribution is 6.32. The number of rotatable bonds is 6. The highest BCUT2D eigenvalue weighted by atomic mass is 35.5. The smallest absolute Gasteiger partial charge is 0.410 e. The summed E-state index contributed by atoms with van der Waals surface area (Å²) in [6.45, 7) is 4.82. The average molecular weight is 327 g/mol. The van der Waals surface area contributed by atoms with Crippen LogP contribution in [0.4, 0.5) is 4.79 Å². The molecule has 120 valence electrons. The minimum absolute atomic E-state index is 0.199. The molecule has 0 spiro atoms. The summed E-state index contributed by atoms with van der Waals surface area (Å²) in [6.07, 6.45) is -1.03. The van der Waals surface area contributed by atoms with Crippen molar-refractivity contribution in [3.8, 4) is 5.75 Å². The van der Waals surface area contributed by atoms with Gasteiger partial charge in [0.2, 0.25) is 0 Å². The molecule has 2 atom stereocenters. The van der Waals surface area contributed by atoms with E-state index in [0.717, 1.165) is 0 Å². The van der Waals surface area contributed by atoms with Crippen LogP contribution in [-0.4, -0.2) is 48.7 Å². The van der Waals surface area contributed by atoms with Crippen molar-refractivity contribution >= 4 is 23.6 Å². The molecule has 2 rings (SSSR count). The third kappa shape index (κ3) is 4.27. The monoisotopic (exact) mass is 326 g/mol. The molecular weight excluding hydrogens is 308 g/mol. The zero-order valence-corrected chi connectivity index (χ0v) is 13.3. The third-order valence-corrected chi connectivity index (χ3v) is 3.55. The Morgan fingerprint density at radius 3 is 2.82 bits per heavy atom. The second-order valence-corrected chi connectivity index (χ2v) is 5.57. The van der Waals surface area contributed by atoms with Crippen molar-refractivity contribution in [1.29, 1.82) is 0 Å². The van der Waals surface area contributed by atoms with Crippen molar-refractivity contribution in [3.05, 3.63) is 29.3 Å². The fraction of sp³-hybridized carbons (Fsp3) is 0.467. The molecule has 0 aromatic heterocycles. The second kappa shape index (κ2) is 7.35. The molecule has 1 aliphatic rings. The fourth-order valence-electron chi connectivity index (χ4n) is 2.11. The Bertz CT molecular complexity index is 552. The molecule has 1 aromatic rings. The van der Waals surface area contributed by atoms with E-state index in [1.54, 1.807) is 36.1 Å². The molecule has 0 bridgehead atoms. The predicted molar refractivity (Wildman–Crippen MR) is 82.1 cm³/mol. The van der Waals surface area contributed by atoms with E-state index in [1.165, 1.54) is 0 Å². The largest absolute Gasteiger partial charge is 0.479 e. The second-order valence-electron chi connectivity index (χ2n) is 5.16. The van der Waals surface area contributed by atoms with Crippen LogP contribution in [0.25, 0.3) is 0 Å². The Morgan fingerprint density at radius 1 is 1.45 bits per heavy atom. The summed E-state index contributed by atoms with van der Waals surface area (Å²) in [4.78, 5) is 25.0.